The normalized spacial score (nSPS) is 25.2. The minimum absolute atomic E-state index is 0.0880. The van der Waals surface area contributed by atoms with E-state index in [0.29, 0.717) is 5.92 Å². The Balaban J connectivity index is 1.57. The number of anilines is 1. The van der Waals surface area contributed by atoms with Crippen molar-refractivity contribution in [1.29, 1.82) is 0 Å². The molecule has 1 fully saturated rings. The molecule has 2 aliphatic heterocycles. The lowest BCUT2D eigenvalue weighted by Gasteiger charge is -2.23. The number of aromatic nitrogens is 3. The highest BCUT2D eigenvalue weighted by atomic mass is 16.5. The van der Waals surface area contributed by atoms with E-state index >= 15 is 0 Å². The molecule has 1 saturated heterocycles. The fourth-order valence-corrected chi connectivity index (χ4v) is 2.97. The van der Waals surface area contributed by atoms with Crippen LogP contribution in [0.25, 0.3) is 0 Å². The minimum Gasteiger partial charge on any atom is -0.370 e. The summed E-state index contributed by atoms with van der Waals surface area (Å²) in [7, 11) is 0. The van der Waals surface area contributed by atoms with E-state index in [-0.39, 0.29) is 6.10 Å². The van der Waals surface area contributed by atoms with Gasteiger partial charge in [-0.05, 0) is 18.4 Å². The summed E-state index contributed by atoms with van der Waals surface area (Å²) in [5.74, 6) is 2.16. The monoisotopic (exact) mass is 270 g/mol. The highest BCUT2D eigenvalue weighted by molar-refractivity contribution is 5.32. The van der Waals surface area contributed by atoms with Crippen molar-refractivity contribution in [3.05, 3.63) is 41.7 Å². The Hall–Kier alpha value is -1.88. The third kappa shape index (κ3) is 2.08. The van der Waals surface area contributed by atoms with Crippen molar-refractivity contribution in [2.45, 2.75) is 31.4 Å². The van der Waals surface area contributed by atoms with E-state index in [9.17, 15) is 0 Å². The molecule has 0 radical (unpaired) electrons. The van der Waals surface area contributed by atoms with Gasteiger partial charge < -0.3 is 10.1 Å². The highest BCUT2D eigenvalue weighted by Crippen LogP contribution is 2.29. The Bertz CT molecular complexity index is 589. The zero-order chi connectivity index (χ0) is 13.4. The number of nitrogens with zero attached hydrogens (tertiary/aromatic N) is 3. The number of hydrogen-bond donors (Lipinski definition) is 1. The SMILES string of the molecule is c1ccc(C2CNc3nc(C4CCCO4)nn3C2)cc1. The molecule has 1 aromatic carbocycles. The van der Waals surface area contributed by atoms with Crippen LogP contribution in [0.4, 0.5) is 5.95 Å². The van der Waals surface area contributed by atoms with Crippen molar-refractivity contribution in [2.75, 3.05) is 18.5 Å². The van der Waals surface area contributed by atoms with Gasteiger partial charge in [0.1, 0.15) is 6.10 Å². The summed E-state index contributed by atoms with van der Waals surface area (Å²) >= 11 is 0. The Kier molecular flexibility index (Phi) is 2.92. The molecule has 2 aliphatic rings. The van der Waals surface area contributed by atoms with Crippen LogP contribution >= 0.6 is 0 Å². The van der Waals surface area contributed by atoms with E-state index in [1.807, 2.05) is 4.68 Å². The number of benzene rings is 1. The maximum atomic E-state index is 5.66. The first-order valence-electron chi connectivity index (χ1n) is 7.25. The fourth-order valence-electron chi connectivity index (χ4n) is 2.97. The van der Waals surface area contributed by atoms with Crippen molar-refractivity contribution in [3.63, 3.8) is 0 Å². The number of rotatable bonds is 2. The average Bonchev–Trinajstić information content (AvgIpc) is 3.16. The number of nitrogens with one attached hydrogen (secondary N) is 1. The number of fused-ring (bicyclic) bond motifs is 1. The first kappa shape index (κ1) is 11.9. The van der Waals surface area contributed by atoms with E-state index in [1.165, 1.54) is 5.56 Å². The molecule has 0 saturated carbocycles. The van der Waals surface area contributed by atoms with Crippen LogP contribution in [0.15, 0.2) is 30.3 Å². The second-order valence-electron chi connectivity index (χ2n) is 5.47. The van der Waals surface area contributed by atoms with Crippen LogP contribution in [0.2, 0.25) is 0 Å². The predicted molar refractivity (Wildman–Crippen MR) is 75.6 cm³/mol. The largest absolute Gasteiger partial charge is 0.370 e. The summed E-state index contributed by atoms with van der Waals surface area (Å²) in [6.07, 6.45) is 2.23. The van der Waals surface area contributed by atoms with Gasteiger partial charge in [0, 0.05) is 19.1 Å². The molecule has 2 atom stereocenters. The molecule has 104 valence electrons. The molecule has 0 aliphatic carbocycles. The van der Waals surface area contributed by atoms with Crippen molar-refractivity contribution in [3.8, 4) is 0 Å². The van der Waals surface area contributed by atoms with Gasteiger partial charge in [-0.1, -0.05) is 30.3 Å². The van der Waals surface area contributed by atoms with Gasteiger partial charge >= 0.3 is 0 Å². The van der Waals surface area contributed by atoms with Crippen LogP contribution in [0.3, 0.4) is 0 Å². The van der Waals surface area contributed by atoms with Gasteiger partial charge in [-0.2, -0.15) is 10.1 Å². The lowest BCUT2D eigenvalue weighted by molar-refractivity contribution is 0.105. The van der Waals surface area contributed by atoms with Crippen LogP contribution in [0.1, 0.15) is 36.3 Å². The van der Waals surface area contributed by atoms with Crippen molar-refractivity contribution >= 4 is 5.95 Å². The van der Waals surface area contributed by atoms with E-state index in [0.717, 1.165) is 44.3 Å². The molecule has 1 aromatic heterocycles. The summed E-state index contributed by atoms with van der Waals surface area (Å²) in [6, 6.07) is 10.6. The predicted octanol–water partition coefficient (Wildman–Crippen LogP) is 2.34. The average molecular weight is 270 g/mol. The summed E-state index contributed by atoms with van der Waals surface area (Å²) < 4.78 is 7.65. The van der Waals surface area contributed by atoms with Gasteiger partial charge in [-0.25, -0.2) is 4.68 Å². The number of ether oxygens (including phenoxy) is 1. The Morgan fingerprint density at radius 1 is 1.25 bits per heavy atom. The first-order valence-corrected chi connectivity index (χ1v) is 7.25. The zero-order valence-electron chi connectivity index (χ0n) is 11.3. The molecule has 20 heavy (non-hydrogen) atoms. The van der Waals surface area contributed by atoms with Crippen molar-refractivity contribution < 1.29 is 4.74 Å². The van der Waals surface area contributed by atoms with Crippen molar-refractivity contribution in [2.24, 2.45) is 0 Å². The maximum Gasteiger partial charge on any atom is 0.221 e. The standard InChI is InChI=1S/C15H18N4O/c1-2-5-11(6-3-1)12-9-16-15-17-14(18-19(15)10-12)13-7-4-8-20-13/h1-3,5-6,12-13H,4,7-10H2,(H,16,17,18). The van der Waals surface area contributed by atoms with Gasteiger partial charge in [-0.15, -0.1) is 0 Å². The van der Waals surface area contributed by atoms with E-state index in [4.69, 9.17) is 4.74 Å². The summed E-state index contributed by atoms with van der Waals surface area (Å²) in [6.45, 7) is 2.62. The Labute approximate surface area is 118 Å². The summed E-state index contributed by atoms with van der Waals surface area (Å²) in [5.41, 5.74) is 1.35. The zero-order valence-corrected chi connectivity index (χ0v) is 11.3. The molecule has 0 amide bonds. The van der Waals surface area contributed by atoms with Crippen LogP contribution in [0, 0.1) is 0 Å². The third-order valence-corrected chi connectivity index (χ3v) is 4.08. The molecule has 5 heteroatoms. The Morgan fingerprint density at radius 2 is 2.15 bits per heavy atom. The van der Waals surface area contributed by atoms with Gasteiger partial charge in [-0.3, -0.25) is 0 Å². The van der Waals surface area contributed by atoms with E-state index in [2.05, 4.69) is 45.7 Å². The van der Waals surface area contributed by atoms with E-state index < -0.39 is 0 Å². The smallest absolute Gasteiger partial charge is 0.221 e. The lowest BCUT2D eigenvalue weighted by atomic mass is 9.98. The first-order chi connectivity index (χ1) is 9.90. The molecule has 5 nitrogen and oxygen atoms in total. The molecule has 3 heterocycles. The van der Waals surface area contributed by atoms with Gasteiger partial charge in [0.25, 0.3) is 0 Å². The molecule has 2 aromatic rings. The lowest BCUT2D eigenvalue weighted by Crippen LogP contribution is -2.26. The topological polar surface area (TPSA) is 52.0 Å². The fraction of sp³-hybridized carbons (Fsp3) is 0.467. The second-order valence-corrected chi connectivity index (χ2v) is 5.47. The molecule has 4 rings (SSSR count). The van der Waals surface area contributed by atoms with Gasteiger partial charge in [0.15, 0.2) is 5.82 Å². The minimum atomic E-state index is 0.0880. The van der Waals surface area contributed by atoms with Gasteiger partial charge in [0.2, 0.25) is 5.95 Å². The maximum absolute atomic E-state index is 5.66. The van der Waals surface area contributed by atoms with Gasteiger partial charge in [0.05, 0.1) is 6.54 Å². The Morgan fingerprint density at radius 3 is 2.95 bits per heavy atom. The molecule has 0 bridgehead atoms. The summed E-state index contributed by atoms with van der Waals surface area (Å²) in [4.78, 5) is 4.58. The highest BCUT2D eigenvalue weighted by Gasteiger charge is 2.27. The second kappa shape index (κ2) is 4.90. The van der Waals surface area contributed by atoms with Crippen molar-refractivity contribution in [1.82, 2.24) is 14.8 Å². The third-order valence-electron chi connectivity index (χ3n) is 4.08. The molecular weight excluding hydrogens is 252 g/mol. The van der Waals surface area contributed by atoms with Crippen LogP contribution in [-0.2, 0) is 11.3 Å². The van der Waals surface area contributed by atoms with Crippen LogP contribution in [-0.4, -0.2) is 27.9 Å². The molecular formula is C15H18N4O. The quantitative estimate of drug-likeness (QED) is 0.910. The molecule has 2 unspecified atom stereocenters. The summed E-state index contributed by atoms with van der Waals surface area (Å²) in [5, 5.41) is 8.02. The molecule has 1 N–H and O–H groups in total. The van der Waals surface area contributed by atoms with Crippen LogP contribution in [0.5, 0.6) is 0 Å². The number of hydrogen-bond acceptors (Lipinski definition) is 4. The van der Waals surface area contributed by atoms with Crippen LogP contribution < -0.4 is 5.32 Å². The molecule has 0 spiro atoms. The van der Waals surface area contributed by atoms with E-state index in [1.54, 1.807) is 0 Å².